The van der Waals surface area contributed by atoms with Crippen LogP contribution in [0.3, 0.4) is 0 Å². The van der Waals surface area contributed by atoms with Crippen molar-refractivity contribution in [3.63, 3.8) is 0 Å². The minimum atomic E-state index is -3.97. The highest BCUT2D eigenvalue weighted by molar-refractivity contribution is 14.1. The highest BCUT2D eigenvalue weighted by Crippen LogP contribution is 2.43. The zero-order valence-corrected chi connectivity index (χ0v) is 25.0. The maximum atomic E-state index is 12.1. The molecule has 0 aromatic heterocycles. The summed E-state index contributed by atoms with van der Waals surface area (Å²) in [5.74, 6) is 0. The molecule has 0 bridgehead atoms. The lowest BCUT2D eigenvalue weighted by Crippen LogP contribution is -2.41. The van der Waals surface area contributed by atoms with Gasteiger partial charge in [-0.3, -0.25) is 9.05 Å². The zero-order valence-electron chi connectivity index (χ0n) is 22.0. The van der Waals surface area contributed by atoms with Crippen LogP contribution in [0.2, 0.25) is 0 Å². The molecule has 0 aliphatic heterocycles. The highest BCUT2D eigenvalue weighted by Gasteiger charge is 2.23. The fourth-order valence-electron chi connectivity index (χ4n) is 4.13. The SMILES string of the molecule is CCCCCCCCCCCCCCCCOP(=O)(O)OCC[N+](C)(C)Cc1cccc([125I])c1. The van der Waals surface area contributed by atoms with E-state index in [-0.39, 0.29) is 13.2 Å². The summed E-state index contributed by atoms with van der Waals surface area (Å²) in [7, 11) is 0.230. The van der Waals surface area contributed by atoms with E-state index in [0.29, 0.717) is 11.0 Å². The van der Waals surface area contributed by atoms with E-state index in [0.717, 1.165) is 19.4 Å². The molecule has 1 atom stereocenters. The Morgan fingerprint density at radius 2 is 1.32 bits per heavy atom. The van der Waals surface area contributed by atoms with Crippen LogP contribution >= 0.6 is 30.4 Å². The average molecular weight is 609 g/mol. The number of benzene rings is 1. The molecule has 0 fully saturated rings. The van der Waals surface area contributed by atoms with Gasteiger partial charge < -0.3 is 9.38 Å². The fourth-order valence-corrected chi connectivity index (χ4v) is 5.48. The van der Waals surface area contributed by atoms with E-state index >= 15 is 0 Å². The number of hydrogen-bond acceptors (Lipinski definition) is 3. The lowest BCUT2D eigenvalue weighted by atomic mass is 10.0. The molecule has 0 heterocycles. The van der Waals surface area contributed by atoms with Crippen molar-refractivity contribution in [3.05, 3.63) is 33.4 Å². The van der Waals surface area contributed by atoms with Crippen molar-refractivity contribution in [1.82, 2.24) is 0 Å². The average Bonchev–Trinajstić information content (AvgIpc) is 2.75. The molecule has 0 amide bonds. The molecule has 0 saturated heterocycles. The van der Waals surface area contributed by atoms with Crippen LogP contribution < -0.4 is 0 Å². The third kappa shape index (κ3) is 18.3. The van der Waals surface area contributed by atoms with E-state index in [4.69, 9.17) is 9.05 Å². The van der Waals surface area contributed by atoms with Gasteiger partial charge in [-0.25, -0.2) is 4.57 Å². The molecule has 0 spiro atoms. The monoisotopic (exact) mass is 608 g/mol. The number of likely N-dealkylation sites (N-methyl/N-ethyl adjacent to an activating group) is 1. The second kappa shape index (κ2) is 19.2. The largest absolute Gasteiger partial charge is 0.472 e. The van der Waals surface area contributed by atoms with E-state index in [1.807, 2.05) is 0 Å². The normalized spacial score (nSPS) is 13.8. The van der Waals surface area contributed by atoms with Crippen LogP contribution in [-0.2, 0) is 20.2 Å². The lowest BCUT2D eigenvalue weighted by molar-refractivity contribution is -0.903. The van der Waals surface area contributed by atoms with Crippen molar-refractivity contribution < 1.29 is 23.0 Å². The first-order valence-electron chi connectivity index (χ1n) is 13.4. The van der Waals surface area contributed by atoms with Gasteiger partial charge in [0.05, 0.1) is 20.7 Å². The van der Waals surface area contributed by atoms with Gasteiger partial charge in [0.1, 0.15) is 19.7 Å². The van der Waals surface area contributed by atoms with E-state index < -0.39 is 7.82 Å². The predicted octanol–water partition coefficient (Wildman–Crippen LogP) is 8.48. The molecular weight excluding hydrogens is 558 g/mol. The quantitative estimate of drug-likeness (QED) is 0.0621. The number of unbranched alkanes of at least 4 members (excludes halogenated alkanes) is 13. The van der Waals surface area contributed by atoms with E-state index in [1.54, 1.807) is 0 Å². The molecule has 0 aliphatic carbocycles. The van der Waals surface area contributed by atoms with Crippen LogP contribution in [0.15, 0.2) is 24.3 Å². The van der Waals surface area contributed by atoms with Gasteiger partial charge in [-0.15, -0.1) is 0 Å². The Hall–Kier alpha value is 0.0200. The van der Waals surface area contributed by atoms with E-state index in [9.17, 15) is 9.46 Å². The molecule has 5 nitrogen and oxygen atoms in total. The van der Waals surface area contributed by atoms with Crippen molar-refractivity contribution in [3.8, 4) is 0 Å². The molecular formula is C27H50INO4P+. The molecule has 1 unspecified atom stereocenters. The molecule has 198 valence electrons. The van der Waals surface area contributed by atoms with Crippen molar-refractivity contribution >= 4 is 30.4 Å². The first-order valence-corrected chi connectivity index (χ1v) is 16.0. The summed E-state index contributed by atoms with van der Waals surface area (Å²) < 4.78 is 24.4. The summed E-state index contributed by atoms with van der Waals surface area (Å²) in [6, 6.07) is 8.41. The lowest BCUT2D eigenvalue weighted by Gasteiger charge is -2.30. The number of halogens is 1. The Bertz CT molecular complexity index is 686. The van der Waals surface area contributed by atoms with Crippen molar-refractivity contribution in [2.75, 3.05) is 33.9 Å². The summed E-state index contributed by atoms with van der Waals surface area (Å²) in [6.45, 7) is 4.23. The second-order valence-electron chi connectivity index (χ2n) is 10.2. The van der Waals surface area contributed by atoms with Crippen LogP contribution in [0.1, 0.15) is 102 Å². The van der Waals surface area contributed by atoms with Gasteiger partial charge in [0.25, 0.3) is 0 Å². The fraction of sp³-hybridized carbons (Fsp3) is 0.778. The summed E-state index contributed by atoms with van der Waals surface area (Å²) >= 11 is 2.31. The Balaban J connectivity index is 1.98. The number of hydrogen-bond donors (Lipinski definition) is 1. The first-order chi connectivity index (χ1) is 16.2. The minimum Gasteiger partial charge on any atom is -0.323 e. The van der Waals surface area contributed by atoms with Crippen molar-refractivity contribution in [1.29, 1.82) is 0 Å². The Morgan fingerprint density at radius 1 is 0.824 bits per heavy atom. The Kier molecular flexibility index (Phi) is 18.1. The van der Waals surface area contributed by atoms with Gasteiger partial charge in [0.2, 0.25) is 0 Å². The summed E-state index contributed by atoms with van der Waals surface area (Å²) in [5.41, 5.74) is 1.25. The molecule has 0 radical (unpaired) electrons. The van der Waals surface area contributed by atoms with Crippen LogP contribution in [-0.4, -0.2) is 43.2 Å². The van der Waals surface area contributed by atoms with E-state index in [1.165, 1.54) is 86.2 Å². The molecule has 0 saturated carbocycles. The smallest absolute Gasteiger partial charge is 0.323 e. The third-order valence-electron chi connectivity index (χ3n) is 6.20. The van der Waals surface area contributed by atoms with Crippen LogP contribution in [0.4, 0.5) is 0 Å². The number of nitrogens with zero attached hydrogens (tertiary/aromatic N) is 1. The van der Waals surface area contributed by atoms with Crippen molar-refractivity contribution in [2.24, 2.45) is 0 Å². The van der Waals surface area contributed by atoms with Crippen LogP contribution in [0, 0.1) is 3.57 Å². The maximum absolute atomic E-state index is 12.1. The molecule has 0 aliphatic rings. The van der Waals surface area contributed by atoms with Crippen molar-refractivity contribution in [2.45, 2.75) is 103 Å². The molecule has 1 N–H and O–H groups in total. The van der Waals surface area contributed by atoms with Crippen LogP contribution in [0.5, 0.6) is 0 Å². The summed E-state index contributed by atoms with van der Waals surface area (Å²) in [6.07, 6.45) is 18.0. The topological polar surface area (TPSA) is 55.8 Å². The van der Waals surface area contributed by atoms with Gasteiger partial charge in [-0.05, 0) is 41.1 Å². The second-order valence-corrected chi connectivity index (χ2v) is 12.9. The van der Waals surface area contributed by atoms with Gasteiger partial charge in [0.15, 0.2) is 0 Å². The minimum absolute atomic E-state index is 0.198. The zero-order chi connectivity index (χ0) is 25.1. The van der Waals surface area contributed by atoms with Gasteiger partial charge >= 0.3 is 7.82 Å². The standard InChI is InChI=1S/C27H49INO4P/c1-4-5-6-7-8-9-10-11-12-13-14-15-16-17-22-32-34(30,31)33-23-21-29(2,3)25-26-19-18-20-27(28)24-26/h18-20,24H,4-17,21-23,25H2,1-3H3/p+1/i28-2. The van der Waals surface area contributed by atoms with Gasteiger partial charge in [-0.1, -0.05) is 103 Å². The molecule has 7 heteroatoms. The van der Waals surface area contributed by atoms with E-state index in [2.05, 4.69) is 67.9 Å². The third-order valence-corrected chi connectivity index (χ3v) is 7.89. The highest BCUT2D eigenvalue weighted by atomic mass is 125. The number of phosphoric ester groups is 1. The summed E-state index contributed by atoms with van der Waals surface area (Å²) in [4.78, 5) is 9.94. The molecule has 1 aromatic carbocycles. The number of quaternary nitrogens is 1. The molecule has 1 rings (SSSR count). The Morgan fingerprint density at radius 3 is 1.85 bits per heavy atom. The van der Waals surface area contributed by atoms with Crippen LogP contribution in [0.25, 0.3) is 0 Å². The summed E-state index contributed by atoms with van der Waals surface area (Å²) in [5, 5.41) is 0. The van der Waals surface area contributed by atoms with Gasteiger partial charge in [-0.2, -0.15) is 0 Å². The maximum Gasteiger partial charge on any atom is 0.472 e. The predicted molar refractivity (Wildman–Crippen MR) is 152 cm³/mol. The number of phosphoric acid groups is 1. The molecule has 1 aromatic rings. The number of rotatable bonds is 22. The Labute approximate surface area is 223 Å². The van der Waals surface area contributed by atoms with Gasteiger partial charge in [0, 0.05) is 9.13 Å². The first kappa shape index (κ1) is 32.0. The molecule has 34 heavy (non-hydrogen) atoms.